The quantitative estimate of drug-likeness (QED) is 0.680. The van der Waals surface area contributed by atoms with E-state index in [1.54, 1.807) is 35.8 Å². The molecule has 2 amide bonds. The van der Waals surface area contributed by atoms with Crippen LogP contribution in [0.1, 0.15) is 44.2 Å². The average molecular weight is 347 g/mol. The van der Waals surface area contributed by atoms with Crippen LogP contribution in [0, 0.1) is 6.92 Å². The van der Waals surface area contributed by atoms with Gasteiger partial charge in [-0.25, -0.2) is 4.98 Å². The molecule has 1 aliphatic heterocycles. The fourth-order valence-electron chi connectivity index (χ4n) is 3.40. The Balaban J connectivity index is 1.45. The fraction of sp³-hybridized carbons (Fsp3) is 0.200. The summed E-state index contributed by atoms with van der Waals surface area (Å²) in [5.41, 5.74) is 2.41. The van der Waals surface area contributed by atoms with E-state index in [-0.39, 0.29) is 30.7 Å². The highest BCUT2D eigenvalue weighted by Gasteiger charge is 2.34. The number of aryl methyl sites for hydroxylation is 1. The van der Waals surface area contributed by atoms with Gasteiger partial charge >= 0.3 is 0 Å². The van der Waals surface area contributed by atoms with Crippen molar-refractivity contribution in [3.63, 3.8) is 0 Å². The fourth-order valence-corrected chi connectivity index (χ4v) is 3.40. The third kappa shape index (κ3) is 2.50. The summed E-state index contributed by atoms with van der Waals surface area (Å²) in [6, 6.07) is 14.3. The van der Waals surface area contributed by atoms with Crippen LogP contribution in [0.25, 0.3) is 11.0 Å². The number of imide groups is 1. The Bertz CT molecular complexity index is 1020. The van der Waals surface area contributed by atoms with Crippen LogP contribution in [0.3, 0.4) is 0 Å². The zero-order chi connectivity index (χ0) is 18.3. The predicted octanol–water partition coefficient (Wildman–Crippen LogP) is 3.06. The van der Waals surface area contributed by atoms with E-state index in [1.165, 1.54) is 4.90 Å². The van der Waals surface area contributed by atoms with Gasteiger partial charge < -0.3 is 0 Å². The second kappa shape index (κ2) is 6.22. The van der Waals surface area contributed by atoms with Gasteiger partial charge in [-0.1, -0.05) is 24.3 Å². The van der Waals surface area contributed by atoms with E-state index in [0.29, 0.717) is 23.4 Å². The normalized spacial score (nSPS) is 13.5. The molecule has 0 unspecified atom stereocenters. The standard InChI is InChI=1S/C20H17N3O3/c1-13-21-16-9-4-5-10-17(16)23(13)18(24)11-6-12-22-19(25)14-7-2-3-8-15(14)20(22)26/h2-5,7-10H,6,11-12H2,1H3. The number of benzene rings is 2. The Labute approximate surface area is 150 Å². The number of hydrogen-bond donors (Lipinski definition) is 0. The molecule has 0 atom stereocenters. The lowest BCUT2D eigenvalue weighted by Gasteiger charge is -2.13. The van der Waals surface area contributed by atoms with Crippen molar-refractivity contribution in [2.24, 2.45) is 0 Å². The molecule has 6 nitrogen and oxygen atoms in total. The summed E-state index contributed by atoms with van der Waals surface area (Å²) in [5, 5.41) is 0. The van der Waals surface area contributed by atoms with Gasteiger partial charge in [-0.05, 0) is 37.6 Å². The van der Waals surface area contributed by atoms with Crippen LogP contribution in [-0.4, -0.2) is 38.7 Å². The summed E-state index contributed by atoms with van der Waals surface area (Å²) in [4.78, 5) is 42.9. The Morgan fingerprint density at radius 1 is 0.962 bits per heavy atom. The molecule has 0 bridgehead atoms. The topological polar surface area (TPSA) is 72.3 Å². The molecule has 3 aromatic rings. The van der Waals surface area contributed by atoms with Crippen LogP contribution in [0.4, 0.5) is 0 Å². The summed E-state index contributed by atoms with van der Waals surface area (Å²) >= 11 is 0. The second-order valence-corrected chi connectivity index (χ2v) is 6.29. The molecular formula is C20H17N3O3. The molecule has 0 saturated heterocycles. The number of aromatic nitrogens is 2. The van der Waals surface area contributed by atoms with Crippen molar-refractivity contribution in [2.75, 3.05) is 6.54 Å². The molecule has 2 aromatic carbocycles. The number of rotatable bonds is 4. The molecule has 26 heavy (non-hydrogen) atoms. The number of para-hydroxylation sites is 2. The summed E-state index contributed by atoms with van der Waals surface area (Å²) < 4.78 is 1.59. The number of carbonyl (C=O) groups is 3. The number of fused-ring (bicyclic) bond motifs is 2. The number of nitrogens with zero attached hydrogens (tertiary/aromatic N) is 3. The minimum atomic E-state index is -0.290. The number of hydrogen-bond acceptors (Lipinski definition) is 4. The van der Waals surface area contributed by atoms with Crippen LogP contribution in [0.2, 0.25) is 0 Å². The molecule has 2 heterocycles. The van der Waals surface area contributed by atoms with E-state index in [0.717, 1.165) is 11.0 Å². The molecule has 0 fully saturated rings. The van der Waals surface area contributed by atoms with Gasteiger partial charge in [0.05, 0.1) is 22.2 Å². The second-order valence-electron chi connectivity index (χ2n) is 6.29. The monoisotopic (exact) mass is 347 g/mol. The molecule has 1 aliphatic rings. The van der Waals surface area contributed by atoms with Crippen LogP contribution in [0.5, 0.6) is 0 Å². The van der Waals surface area contributed by atoms with Crippen molar-refractivity contribution in [1.29, 1.82) is 0 Å². The molecule has 0 saturated carbocycles. The van der Waals surface area contributed by atoms with Gasteiger partial charge in [0.25, 0.3) is 11.8 Å². The summed E-state index contributed by atoms with van der Waals surface area (Å²) in [6.45, 7) is 2.02. The largest absolute Gasteiger partial charge is 0.274 e. The van der Waals surface area contributed by atoms with Gasteiger partial charge in [-0.3, -0.25) is 23.9 Å². The van der Waals surface area contributed by atoms with Crippen molar-refractivity contribution in [2.45, 2.75) is 19.8 Å². The van der Waals surface area contributed by atoms with Gasteiger partial charge in [-0.2, -0.15) is 0 Å². The lowest BCUT2D eigenvalue weighted by molar-refractivity contribution is 0.0644. The highest BCUT2D eigenvalue weighted by molar-refractivity contribution is 6.21. The van der Waals surface area contributed by atoms with E-state index in [4.69, 9.17) is 0 Å². The molecule has 130 valence electrons. The molecule has 6 heteroatoms. The van der Waals surface area contributed by atoms with Crippen molar-refractivity contribution < 1.29 is 14.4 Å². The average Bonchev–Trinajstić information content (AvgIpc) is 3.10. The summed E-state index contributed by atoms with van der Waals surface area (Å²) in [6.07, 6.45) is 0.644. The Morgan fingerprint density at radius 3 is 2.27 bits per heavy atom. The first-order valence-electron chi connectivity index (χ1n) is 8.50. The first-order valence-corrected chi connectivity index (χ1v) is 8.50. The minimum absolute atomic E-state index is 0.0900. The first kappa shape index (κ1) is 16.2. The number of amides is 2. The van der Waals surface area contributed by atoms with Crippen LogP contribution >= 0.6 is 0 Å². The number of imidazole rings is 1. The predicted molar refractivity (Wildman–Crippen MR) is 96.1 cm³/mol. The zero-order valence-corrected chi connectivity index (χ0v) is 14.3. The van der Waals surface area contributed by atoms with Crippen molar-refractivity contribution in [3.8, 4) is 0 Å². The zero-order valence-electron chi connectivity index (χ0n) is 14.3. The maximum absolute atomic E-state index is 12.6. The van der Waals surface area contributed by atoms with Gasteiger partial charge in [0.2, 0.25) is 5.91 Å². The third-order valence-corrected chi connectivity index (χ3v) is 4.63. The smallest absolute Gasteiger partial charge is 0.261 e. The van der Waals surface area contributed by atoms with Crippen LogP contribution in [0.15, 0.2) is 48.5 Å². The Kier molecular flexibility index (Phi) is 3.88. The SMILES string of the molecule is Cc1nc2ccccc2n1C(=O)CCCN1C(=O)c2ccccc2C1=O. The van der Waals surface area contributed by atoms with E-state index < -0.39 is 0 Å². The maximum atomic E-state index is 12.6. The number of carbonyl (C=O) groups excluding carboxylic acids is 3. The molecule has 0 radical (unpaired) electrons. The molecular weight excluding hydrogens is 330 g/mol. The van der Waals surface area contributed by atoms with E-state index >= 15 is 0 Å². The highest BCUT2D eigenvalue weighted by atomic mass is 16.2. The minimum Gasteiger partial charge on any atom is -0.274 e. The Hall–Kier alpha value is -3.28. The van der Waals surface area contributed by atoms with Crippen molar-refractivity contribution in [3.05, 3.63) is 65.5 Å². The van der Waals surface area contributed by atoms with Crippen LogP contribution < -0.4 is 0 Å². The lowest BCUT2D eigenvalue weighted by Crippen LogP contribution is -2.31. The first-order chi connectivity index (χ1) is 12.6. The van der Waals surface area contributed by atoms with Crippen LogP contribution in [-0.2, 0) is 0 Å². The van der Waals surface area contributed by atoms with E-state index in [9.17, 15) is 14.4 Å². The van der Waals surface area contributed by atoms with Crippen molar-refractivity contribution >= 4 is 28.8 Å². The maximum Gasteiger partial charge on any atom is 0.261 e. The lowest BCUT2D eigenvalue weighted by atomic mass is 10.1. The van der Waals surface area contributed by atoms with E-state index in [2.05, 4.69) is 4.98 Å². The summed E-state index contributed by atoms with van der Waals surface area (Å²) in [7, 11) is 0. The van der Waals surface area contributed by atoms with E-state index in [1.807, 2.05) is 24.3 Å². The highest BCUT2D eigenvalue weighted by Crippen LogP contribution is 2.23. The molecule has 1 aromatic heterocycles. The van der Waals surface area contributed by atoms with Gasteiger partial charge in [-0.15, -0.1) is 0 Å². The summed E-state index contributed by atoms with van der Waals surface area (Å²) in [5.74, 6) is -0.0330. The Morgan fingerprint density at radius 2 is 1.58 bits per heavy atom. The van der Waals surface area contributed by atoms with Gasteiger partial charge in [0, 0.05) is 13.0 Å². The van der Waals surface area contributed by atoms with Gasteiger partial charge in [0.1, 0.15) is 5.82 Å². The molecule has 0 aliphatic carbocycles. The van der Waals surface area contributed by atoms with Gasteiger partial charge in [0.15, 0.2) is 0 Å². The van der Waals surface area contributed by atoms with Crippen molar-refractivity contribution in [1.82, 2.24) is 14.5 Å². The molecule has 0 N–H and O–H groups in total. The third-order valence-electron chi connectivity index (χ3n) is 4.63. The molecule has 0 spiro atoms. The molecule has 4 rings (SSSR count).